The van der Waals surface area contributed by atoms with Crippen LogP contribution in [0.25, 0.3) is 0 Å². The molecule has 1 rings (SSSR count). The van der Waals surface area contributed by atoms with E-state index in [-0.39, 0.29) is 5.69 Å². The van der Waals surface area contributed by atoms with Crippen molar-refractivity contribution in [2.45, 2.75) is 12.4 Å². The summed E-state index contributed by atoms with van der Waals surface area (Å²) < 4.78 is 22.6. The molecule has 9 heteroatoms. The summed E-state index contributed by atoms with van der Waals surface area (Å²) in [5.74, 6) is 0. The number of hydrogen-bond acceptors (Lipinski definition) is 4. The highest BCUT2D eigenvalue weighted by Crippen LogP contribution is 2.59. The second kappa shape index (κ2) is 4.88. The highest BCUT2D eigenvalue weighted by atomic mass is 31.2. The standard InChI is InChI=1S/C8H14N2O5P2/c1-6-3-7(5-9-4-6)10-8(16(2,11)12)17(13,14)15/h3-5,8,10H,1-2H3,(H,11,12)(H2,13,14,15). The largest absolute Gasteiger partial charge is 0.362 e. The van der Waals surface area contributed by atoms with Gasteiger partial charge in [-0.15, -0.1) is 0 Å². The predicted octanol–water partition coefficient (Wildman–Crippen LogP) is 1.16. The van der Waals surface area contributed by atoms with Crippen LogP contribution in [0.5, 0.6) is 0 Å². The lowest BCUT2D eigenvalue weighted by atomic mass is 10.3. The Morgan fingerprint density at radius 1 is 1.29 bits per heavy atom. The molecular weight excluding hydrogens is 266 g/mol. The Balaban J connectivity index is 3.04. The first-order valence-corrected chi connectivity index (χ1v) is 8.50. The van der Waals surface area contributed by atoms with E-state index in [1.807, 2.05) is 0 Å². The monoisotopic (exact) mass is 280 g/mol. The van der Waals surface area contributed by atoms with Gasteiger partial charge >= 0.3 is 7.60 Å². The molecule has 0 saturated heterocycles. The van der Waals surface area contributed by atoms with E-state index in [0.717, 1.165) is 12.2 Å². The summed E-state index contributed by atoms with van der Waals surface area (Å²) in [6.45, 7) is 2.64. The SMILES string of the molecule is Cc1cncc(NC(P(C)(=O)O)P(=O)(O)O)c1. The highest BCUT2D eigenvalue weighted by Gasteiger charge is 2.40. The summed E-state index contributed by atoms with van der Waals surface area (Å²) in [5.41, 5.74) is -0.767. The summed E-state index contributed by atoms with van der Waals surface area (Å²) in [6, 6.07) is 1.57. The topological polar surface area (TPSA) is 120 Å². The molecule has 1 aromatic rings. The second-order valence-electron chi connectivity index (χ2n) is 3.80. The maximum absolute atomic E-state index is 11.4. The molecule has 0 aliphatic carbocycles. The Hall–Kier alpha value is -0.710. The van der Waals surface area contributed by atoms with Gasteiger partial charge in [-0.2, -0.15) is 0 Å². The molecule has 0 aliphatic heterocycles. The summed E-state index contributed by atoms with van der Waals surface area (Å²) in [4.78, 5) is 31.2. The van der Waals surface area contributed by atoms with Gasteiger partial charge in [0.05, 0.1) is 5.69 Å². The number of anilines is 1. The first-order chi connectivity index (χ1) is 7.60. The molecule has 96 valence electrons. The van der Waals surface area contributed by atoms with Gasteiger partial charge in [0.15, 0.2) is 0 Å². The van der Waals surface area contributed by atoms with Crippen molar-refractivity contribution in [3.05, 3.63) is 24.0 Å². The zero-order valence-corrected chi connectivity index (χ0v) is 11.1. The van der Waals surface area contributed by atoms with Crippen molar-refractivity contribution in [2.24, 2.45) is 0 Å². The van der Waals surface area contributed by atoms with Gasteiger partial charge in [-0.25, -0.2) is 0 Å². The van der Waals surface area contributed by atoms with Gasteiger partial charge in [0, 0.05) is 19.1 Å². The molecule has 1 heterocycles. The molecular formula is C8H14N2O5P2. The molecule has 0 aliphatic rings. The second-order valence-corrected chi connectivity index (χ2v) is 8.31. The van der Waals surface area contributed by atoms with E-state index in [1.165, 1.54) is 6.20 Å². The number of aryl methyl sites for hydroxylation is 1. The fraction of sp³-hybridized carbons (Fsp3) is 0.375. The van der Waals surface area contributed by atoms with Gasteiger partial charge in [0.25, 0.3) is 0 Å². The van der Waals surface area contributed by atoms with Crippen molar-refractivity contribution < 1.29 is 23.8 Å². The zero-order chi connectivity index (χ0) is 13.3. The van der Waals surface area contributed by atoms with E-state index in [9.17, 15) is 14.0 Å². The van der Waals surface area contributed by atoms with Crippen LogP contribution in [0.4, 0.5) is 5.69 Å². The van der Waals surface area contributed by atoms with Crippen LogP contribution in [0.2, 0.25) is 0 Å². The van der Waals surface area contributed by atoms with Crippen LogP contribution in [0.3, 0.4) is 0 Å². The molecule has 0 saturated carbocycles. The van der Waals surface area contributed by atoms with Gasteiger partial charge < -0.3 is 20.0 Å². The van der Waals surface area contributed by atoms with E-state index in [0.29, 0.717) is 0 Å². The smallest absolute Gasteiger partial charge is 0.357 e. The Morgan fingerprint density at radius 2 is 1.88 bits per heavy atom. The van der Waals surface area contributed by atoms with Crippen molar-refractivity contribution in [1.82, 2.24) is 4.98 Å². The quantitative estimate of drug-likeness (QED) is 0.611. The lowest BCUT2D eigenvalue weighted by Gasteiger charge is -2.23. The number of nitrogens with zero attached hydrogens (tertiary/aromatic N) is 1. The average Bonchev–Trinajstić information content (AvgIpc) is 2.10. The number of hydrogen-bond donors (Lipinski definition) is 4. The minimum atomic E-state index is -4.73. The van der Waals surface area contributed by atoms with Gasteiger partial charge in [-0.05, 0) is 18.6 Å². The molecule has 2 unspecified atom stereocenters. The Bertz CT molecular complexity index is 472. The maximum atomic E-state index is 11.4. The lowest BCUT2D eigenvalue weighted by Crippen LogP contribution is -2.19. The number of nitrogens with one attached hydrogen (secondary N) is 1. The third-order valence-corrected chi connectivity index (χ3v) is 5.93. The summed E-state index contributed by atoms with van der Waals surface area (Å²) in [6.07, 6.45) is 2.88. The average molecular weight is 280 g/mol. The molecule has 0 spiro atoms. The van der Waals surface area contributed by atoms with E-state index < -0.39 is 20.5 Å². The Morgan fingerprint density at radius 3 is 2.29 bits per heavy atom. The Labute approximate surface area is 98.5 Å². The molecule has 1 aromatic heterocycles. The van der Waals surface area contributed by atoms with Crippen molar-refractivity contribution >= 4 is 20.7 Å². The van der Waals surface area contributed by atoms with E-state index in [1.54, 1.807) is 19.2 Å². The normalized spacial score (nSPS) is 17.2. The van der Waals surface area contributed by atoms with Crippen LogP contribution < -0.4 is 5.32 Å². The molecule has 0 radical (unpaired) electrons. The number of rotatable bonds is 4. The molecule has 0 bridgehead atoms. The van der Waals surface area contributed by atoms with E-state index in [2.05, 4.69) is 10.3 Å². The van der Waals surface area contributed by atoms with Crippen LogP contribution in [-0.2, 0) is 9.13 Å². The third-order valence-electron chi connectivity index (χ3n) is 1.94. The lowest BCUT2D eigenvalue weighted by molar-refractivity contribution is 0.367. The van der Waals surface area contributed by atoms with Crippen LogP contribution in [0.1, 0.15) is 5.56 Å². The molecule has 0 amide bonds. The minimum Gasteiger partial charge on any atom is -0.362 e. The Kier molecular flexibility index (Phi) is 4.12. The predicted molar refractivity (Wildman–Crippen MR) is 64.2 cm³/mol. The van der Waals surface area contributed by atoms with Crippen molar-refractivity contribution in [3.63, 3.8) is 0 Å². The van der Waals surface area contributed by atoms with Gasteiger partial charge in [-0.3, -0.25) is 14.1 Å². The summed E-state index contributed by atoms with van der Waals surface area (Å²) in [7, 11) is -8.71. The maximum Gasteiger partial charge on any atom is 0.357 e. The van der Waals surface area contributed by atoms with Crippen LogP contribution >= 0.6 is 15.0 Å². The fourth-order valence-electron chi connectivity index (χ4n) is 1.27. The number of aromatic nitrogens is 1. The van der Waals surface area contributed by atoms with Crippen LogP contribution in [0.15, 0.2) is 18.5 Å². The molecule has 4 N–H and O–H groups in total. The van der Waals surface area contributed by atoms with Gasteiger partial charge in [0.2, 0.25) is 12.9 Å². The van der Waals surface area contributed by atoms with Crippen molar-refractivity contribution in [3.8, 4) is 0 Å². The van der Waals surface area contributed by atoms with Crippen LogP contribution in [-0.4, -0.2) is 31.9 Å². The minimum absolute atomic E-state index is 0.287. The van der Waals surface area contributed by atoms with Crippen molar-refractivity contribution in [1.29, 1.82) is 0 Å². The number of pyridine rings is 1. The highest BCUT2D eigenvalue weighted by molar-refractivity contribution is 7.73. The van der Waals surface area contributed by atoms with E-state index >= 15 is 0 Å². The first-order valence-electron chi connectivity index (χ1n) is 4.64. The third kappa shape index (κ3) is 4.22. The molecule has 0 aromatic carbocycles. The van der Waals surface area contributed by atoms with Gasteiger partial charge in [-0.1, -0.05) is 0 Å². The van der Waals surface area contributed by atoms with Crippen molar-refractivity contribution in [2.75, 3.05) is 12.0 Å². The molecule has 0 fully saturated rings. The zero-order valence-electron chi connectivity index (χ0n) is 9.31. The summed E-state index contributed by atoms with van der Waals surface area (Å²) in [5, 5.41) is 2.36. The summed E-state index contributed by atoms with van der Waals surface area (Å²) >= 11 is 0. The first kappa shape index (κ1) is 14.4. The van der Waals surface area contributed by atoms with Gasteiger partial charge in [0.1, 0.15) is 0 Å². The molecule has 2 atom stereocenters. The van der Waals surface area contributed by atoms with E-state index in [4.69, 9.17) is 9.79 Å². The molecule has 17 heavy (non-hydrogen) atoms. The fourth-order valence-corrected chi connectivity index (χ4v) is 4.20. The molecule has 7 nitrogen and oxygen atoms in total. The van der Waals surface area contributed by atoms with Crippen LogP contribution in [0, 0.1) is 6.92 Å².